The van der Waals surface area contributed by atoms with Crippen LogP contribution in [0.15, 0.2) is 54.6 Å². The van der Waals surface area contributed by atoms with Crippen LogP contribution >= 0.6 is 0 Å². The van der Waals surface area contributed by atoms with Crippen LogP contribution < -0.4 is 0 Å². The zero-order chi connectivity index (χ0) is 13.9. The number of fused-ring (bicyclic) bond motifs is 1. The van der Waals surface area contributed by atoms with Crippen molar-refractivity contribution in [2.75, 3.05) is 6.61 Å². The van der Waals surface area contributed by atoms with Crippen LogP contribution in [0.2, 0.25) is 0 Å². The number of rotatable bonds is 3. The molecule has 1 aliphatic carbocycles. The number of hydrogen-bond donors (Lipinski definition) is 0. The molecule has 0 heterocycles. The summed E-state index contributed by atoms with van der Waals surface area (Å²) in [6.07, 6.45) is 3.10. The summed E-state index contributed by atoms with van der Waals surface area (Å²) in [6.45, 7) is 2.22. The molecule has 1 aliphatic rings. The van der Waals surface area contributed by atoms with Crippen molar-refractivity contribution in [3.8, 4) is 0 Å². The standard InChI is InChI=1S/C18H16O2/c1-2-20-18(19)17-10-6-5-9-15(17)16-12-11-13-7-3-4-8-14(13)16/h3-10,12H,2,11H2,1H3. The van der Waals surface area contributed by atoms with Crippen molar-refractivity contribution in [3.05, 3.63) is 76.9 Å². The van der Waals surface area contributed by atoms with E-state index in [0.29, 0.717) is 12.2 Å². The second-order valence-electron chi connectivity index (χ2n) is 4.75. The third-order valence-corrected chi connectivity index (χ3v) is 3.55. The highest BCUT2D eigenvalue weighted by Gasteiger charge is 2.20. The molecule has 0 aromatic heterocycles. The van der Waals surface area contributed by atoms with E-state index < -0.39 is 0 Å². The van der Waals surface area contributed by atoms with E-state index in [9.17, 15) is 4.79 Å². The number of ether oxygens (including phenoxy) is 1. The van der Waals surface area contributed by atoms with Gasteiger partial charge in [-0.3, -0.25) is 0 Å². The van der Waals surface area contributed by atoms with E-state index >= 15 is 0 Å². The topological polar surface area (TPSA) is 26.3 Å². The molecule has 0 bridgehead atoms. The summed E-state index contributed by atoms with van der Waals surface area (Å²) in [7, 11) is 0. The van der Waals surface area contributed by atoms with E-state index in [0.717, 1.165) is 17.6 Å². The third-order valence-electron chi connectivity index (χ3n) is 3.55. The maximum absolute atomic E-state index is 12.1. The highest BCUT2D eigenvalue weighted by molar-refractivity contribution is 5.99. The Morgan fingerprint density at radius 2 is 1.75 bits per heavy atom. The molecule has 2 nitrogen and oxygen atoms in total. The summed E-state index contributed by atoms with van der Waals surface area (Å²) in [5.41, 5.74) is 5.24. The lowest BCUT2D eigenvalue weighted by molar-refractivity contribution is 0.0526. The second kappa shape index (κ2) is 5.33. The van der Waals surface area contributed by atoms with Crippen molar-refractivity contribution in [3.63, 3.8) is 0 Å². The molecular formula is C18H16O2. The fraction of sp³-hybridized carbons (Fsp3) is 0.167. The van der Waals surface area contributed by atoms with Gasteiger partial charge in [0.2, 0.25) is 0 Å². The van der Waals surface area contributed by atoms with Gasteiger partial charge in [0.1, 0.15) is 0 Å². The normalized spacial score (nSPS) is 12.8. The molecule has 0 N–H and O–H groups in total. The molecule has 3 rings (SSSR count). The van der Waals surface area contributed by atoms with Crippen LogP contribution in [0, 0.1) is 0 Å². The number of carbonyl (C=O) groups is 1. The summed E-state index contributed by atoms with van der Waals surface area (Å²) < 4.78 is 5.15. The van der Waals surface area contributed by atoms with Crippen molar-refractivity contribution >= 4 is 11.5 Å². The first kappa shape index (κ1) is 12.7. The van der Waals surface area contributed by atoms with E-state index in [4.69, 9.17) is 4.74 Å². The Morgan fingerprint density at radius 1 is 1.05 bits per heavy atom. The first-order valence-electron chi connectivity index (χ1n) is 6.86. The highest BCUT2D eigenvalue weighted by Crippen LogP contribution is 2.34. The zero-order valence-electron chi connectivity index (χ0n) is 11.4. The van der Waals surface area contributed by atoms with Gasteiger partial charge in [-0.05, 0) is 41.7 Å². The lowest BCUT2D eigenvalue weighted by Gasteiger charge is -2.11. The van der Waals surface area contributed by atoms with Crippen LogP contribution in [0.1, 0.15) is 34.0 Å². The van der Waals surface area contributed by atoms with E-state index in [-0.39, 0.29) is 5.97 Å². The minimum absolute atomic E-state index is 0.256. The Hall–Kier alpha value is -2.35. The maximum Gasteiger partial charge on any atom is 0.338 e. The molecule has 100 valence electrons. The average Bonchev–Trinajstić information content (AvgIpc) is 2.91. The molecule has 20 heavy (non-hydrogen) atoms. The minimum atomic E-state index is -0.256. The van der Waals surface area contributed by atoms with Crippen LogP contribution in [0.5, 0.6) is 0 Å². The zero-order valence-corrected chi connectivity index (χ0v) is 11.4. The Bertz CT molecular complexity index is 683. The van der Waals surface area contributed by atoms with Gasteiger partial charge in [0.05, 0.1) is 12.2 Å². The largest absolute Gasteiger partial charge is 0.462 e. The molecule has 0 spiro atoms. The first-order valence-corrected chi connectivity index (χ1v) is 6.86. The van der Waals surface area contributed by atoms with Gasteiger partial charge in [-0.25, -0.2) is 4.79 Å². The lowest BCUT2D eigenvalue weighted by atomic mass is 9.95. The molecule has 0 saturated carbocycles. The van der Waals surface area contributed by atoms with Crippen LogP contribution in [0.3, 0.4) is 0 Å². The first-order chi connectivity index (χ1) is 9.81. The summed E-state index contributed by atoms with van der Waals surface area (Å²) in [4.78, 5) is 12.1. The van der Waals surface area contributed by atoms with E-state index in [2.05, 4.69) is 18.2 Å². The molecule has 0 amide bonds. The summed E-state index contributed by atoms with van der Waals surface area (Å²) >= 11 is 0. The van der Waals surface area contributed by atoms with Crippen molar-refractivity contribution in [1.82, 2.24) is 0 Å². The van der Waals surface area contributed by atoms with Crippen LogP contribution in [-0.4, -0.2) is 12.6 Å². The summed E-state index contributed by atoms with van der Waals surface area (Å²) in [5, 5.41) is 0. The second-order valence-corrected chi connectivity index (χ2v) is 4.75. The smallest absolute Gasteiger partial charge is 0.338 e. The van der Waals surface area contributed by atoms with Gasteiger partial charge in [0, 0.05) is 0 Å². The fourth-order valence-corrected chi connectivity index (χ4v) is 2.64. The molecule has 0 saturated heterocycles. The van der Waals surface area contributed by atoms with E-state index in [1.54, 1.807) is 0 Å². The van der Waals surface area contributed by atoms with Crippen LogP contribution in [-0.2, 0) is 11.2 Å². The molecule has 0 aliphatic heterocycles. The number of esters is 1. The fourth-order valence-electron chi connectivity index (χ4n) is 2.64. The molecule has 2 aromatic carbocycles. The van der Waals surface area contributed by atoms with Gasteiger partial charge >= 0.3 is 5.97 Å². The van der Waals surface area contributed by atoms with Gasteiger partial charge in [0.25, 0.3) is 0 Å². The van der Waals surface area contributed by atoms with Gasteiger partial charge in [0.15, 0.2) is 0 Å². The van der Waals surface area contributed by atoms with Gasteiger partial charge in [-0.1, -0.05) is 48.5 Å². The number of hydrogen-bond acceptors (Lipinski definition) is 2. The monoisotopic (exact) mass is 264 g/mol. The minimum Gasteiger partial charge on any atom is -0.462 e. The highest BCUT2D eigenvalue weighted by atomic mass is 16.5. The quantitative estimate of drug-likeness (QED) is 0.787. The summed E-state index contributed by atoms with van der Waals surface area (Å²) in [5.74, 6) is -0.256. The molecule has 0 atom stereocenters. The lowest BCUT2D eigenvalue weighted by Crippen LogP contribution is -2.07. The van der Waals surface area contributed by atoms with Gasteiger partial charge < -0.3 is 4.74 Å². The predicted octanol–water partition coefficient (Wildman–Crippen LogP) is 3.85. The van der Waals surface area contributed by atoms with Crippen LogP contribution in [0.25, 0.3) is 5.57 Å². The SMILES string of the molecule is CCOC(=O)c1ccccc1C1=CCc2ccccc21. The van der Waals surface area contributed by atoms with Gasteiger partial charge in [-0.2, -0.15) is 0 Å². The Kier molecular flexibility index (Phi) is 3.38. The number of allylic oxidation sites excluding steroid dienone is 1. The predicted molar refractivity (Wildman–Crippen MR) is 79.6 cm³/mol. The molecule has 2 aromatic rings. The third kappa shape index (κ3) is 2.14. The average molecular weight is 264 g/mol. The Morgan fingerprint density at radius 3 is 2.55 bits per heavy atom. The van der Waals surface area contributed by atoms with Crippen molar-refractivity contribution < 1.29 is 9.53 Å². The van der Waals surface area contributed by atoms with E-state index in [1.807, 2.05) is 43.3 Å². The molecular weight excluding hydrogens is 248 g/mol. The van der Waals surface area contributed by atoms with E-state index in [1.165, 1.54) is 11.1 Å². The Labute approximate surface area is 118 Å². The number of benzene rings is 2. The maximum atomic E-state index is 12.1. The summed E-state index contributed by atoms with van der Waals surface area (Å²) in [6, 6.07) is 16.0. The number of carbonyl (C=O) groups excluding carboxylic acids is 1. The molecule has 0 radical (unpaired) electrons. The molecule has 0 unspecified atom stereocenters. The van der Waals surface area contributed by atoms with Crippen molar-refractivity contribution in [1.29, 1.82) is 0 Å². The molecule has 2 heteroatoms. The van der Waals surface area contributed by atoms with Gasteiger partial charge in [-0.15, -0.1) is 0 Å². The van der Waals surface area contributed by atoms with Crippen LogP contribution in [0.4, 0.5) is 0 Å². The molecule has 0 fully saturated rings. The Balaban J connectivity index is 2.06. The van der Waals surface area contributed by atoms with Crippen molar-refractivity contribution in [2.24, 2.45) is 0 Å². The van der Waals surface area contributed by atoms with Crippen molar-refractivity contribution in [2.45, 2.75) is 13.3 Å².